The Morgan fingerprint density at radius 2 is 1.52 bits per heavy atom. The van der Waals surface area contributed by atoms with Crippen LogP contribution in [0.15, 0.2) is 84.0 Å². The Labute approximate surface area is 200 Å². The van der Waals surface area contributed by atoms with Crippen molar-refractivity contribution in [3.05, 3.63) is 89.4 Å². The van der Waals surface area contributed by atoms with E-state index in [9.17, 15) is 9.59 Å². The molecular weight excluding hydrogens is 458 g/mol. The molecule has 4 aromatic rings. The van der Waals surface area contributed by atoms with Gasteiger partial charge in [0.15, 0.2) is 11.0 Å². The first-order chi connectivity index (χ1) is 16.0. The fourth-order valence-electron chi connectivity index (χ4n) is 3.05. The lowest BCUT2D eigenvalue weighted by Crippen LogP contribution is -2.14. The van der Waals surface area contributed by atoms with Crippen molar-refractivity contribution >= 4 is 46.6 Å². The second kappa shape index (κ2) is 10.3. The van der Waals surface area contributed by atoms with E-state index in [-0.39, 0.29) is 17.6 Å². The highest BCUT2D eigenvalue weighted by atomic mass is 35.5. The van der Waals surface area contributed by atoms with Crippen molar-refractivity contribution in [3.63, 3.8) is 0 Å². The Kier molecular flexibility index (Phi) is 7.07. The van der Waals surface area contributed by atoms with Crippen molar-refractivity contribution in [1.82, 2.24) is 14.8 Å². The molecule has 33 heavy (non-hydrogen) atoms. The smallest absolute Gasteiger partial charge is 0.255 e. The average molecular weight is 478 g/mol. The Morgan fingerprint density at radius 3 is 2.21 bits per heavy atom. The van der Waals surface area contributed by atoms with Gasteiger partial charge in [0.2, 0.25) is 5.91 Å². The van der Waals surface area contributed by atoms with Crippen molar-refractivity contribution < 1.29 is 9.59 Å². The molecule has 166 valence electrons. The van der Waals surface area contributed by atoms with E-state index in [2.05, 4.69) is 20.8 Å². The normalized spacial score (nSPS) is 10.6. The van der Waals surface area contributed by atoms with Crippen molar-refractivity contribution in [2.45, 2.75) is 5.16 Å². The van der Waals surface area contributed by atoms with Crippen LogP contribution in [0, 0.1) is 0 Å². The van der Waals surface area contributed by atoms with E-state index >= 15 is 0 Å². The molecule has 0 fully saturated rings. The highest BCUT2D eigenvalue weighted by Gasteiger charge is 2.14. The zero-order valence-corrected chi connectivity index (χ0v) is 19.2. The number of aromatic nitrogens is 3. The molecule has 2 N–H and O–H groups in total. The quantitative estimate of drug-likeness (QED) is 0.361. The second-order valence-corrected chi connectivity index (χ2v) is 8.49. The van der Waals surface area contributed by atoms with Gasteiger partial charge in [0, 0.05) is 34.6 Å². The molecule has 0 spiro atoms. The largest absolute Gasteiger partial charge is 0.325 e. The lowest BCUT2D eigenvalue weighted by atomic mass is 10.1. The maximum atomic E-state index is 12.3. The average Bonchev–Trinajstić information content (AvgIpc) is 3.20. The van der Waals surface area contributed by atoms with Gasteiger partial charge in [-0.25, -0.2) is 0 Å². The number of nitrogens with zero attached hydrogens (tertiary/aromatic N) is 3. The van der Waals surface area contributed by atoms with Gasteiger partial charge in [-0.05, 0) is 60.7 Å². The predicted octanol–water partition coefficient (Wildman–Crippen LogP) is 5.12. The van der Waals surface area contributed by atoms with Gasteiger partial charge in [0.25, 0.3) is 5.91 Å². The molecule has 0 aliphatic carbocycles. The van der Waals surface area contributed by atoms with Crippen LogP contribution < -0.4 is 10.6 Å². The summed E-state index contributed by atoms with van der Waals surface area (Å²) in [5, 5.41) is 15.4. The Hall–Kier alpha value is -3.62. The van der Waals surface area contributed by atoms with Gasteiger partial charge in [-0.1, -0.05) is 41.6 Å². The second-order valence-electron chi connectivity index (χ2n) is 7.11. The number of hydrogen-bond donors (Lipinski definition) is 2. The summed E-state index contributed by atoms with van der Waals surface area (Å²) >= 11 is 7.16. The topological polar surface area (TPSA) is 88.9 Å². The molecule has 9 heteroatoms. The van der Waals surface area contributed by atoms with E-state index in [4.69, 9.17) is 11.6 Å². The summed E-state index contributed by atoms with van der Waals surface area (Å²) < 4.78 is 1.83. The van der Waals surface area contributed by atoms with Crippen molar-refractivity contribution in [1.29, 1.82) is 0 Å². The summed E-state index contributed by atoms with van der Waals surface area (Å²) in [5.74, 6) is 0.540. The molecule has 3 aromatic carbocycles. The lowest BCUT2D eigenvalue weighted by molar-refractivity contribution is -0.113. The van der Waals surface area contributed by atoms with Gasteiger partial charge < -0.3 is 15.2 Å². The van der Waals surface area contributed by atoms with E-state index < -0.39 is 0 Å². The van der Waals surface area contributed by atoms with Crippen LogP contribution in [-0.4, -0.2) is 32.3 Å². The van der Waals surface area contributed by atoms with Crippen LogP contribution in [0.1, 0.15) is 10.4 Å². The first-order valence-electron chi connectivity index (χ1n) is 10.0. The zero-order chi connectivity index (χ0) is 23.2. The molecule has 4 rings (SSSR count). The number of rotatable bonds is 7. The van der Waals surface area contributed by atoms with E-state index in [0.717, 1.165) is 5.56 Å². The van der Waals surface area contributed by atoms with Gasteiger partial charge in [0.05, 0.1) is 5.75 Å². The summed E-state index contributed by atoms with van der Waals surface area (Å²) in [5.41, 5.74) is 2.81. The number of amides is 2. The molecule has 0 radical (unpaired) electrons. The minimum Gasteiger partial charge on any atom is -0.325 e. The molecule has 0 aliphatic rings. The highest BCUT2D eigenvalue weighted by molar-refractivity contribution is 7.99. The third-order valence-electron chi connectivity index (χ3n) is 4.73. The fourth-order valence-corrected chi connectivity index (χ4v) is 3.88. The van der Waals surface area contributed by atoms with Gasteiger partial charge >= 0.3 is 0 Å². The molecule has 0 saturated carbocycles. The fraction of sp³-hybridized carbons (Fsp3) is 0.0833. The monoisotopic (exact) mass is 477 g/mol. The number of anilines is 2. The molecule has 0 atom stereocenters. The van der Waals surface area contributed by atoms with Crippen molar-refractivity contribution in [2.24, 2.45) is 7.05 Å². The minimum atomic E-state index is -0.169. The van der Waals surface area contributed by atoms with Crippen molar-refractivity contribution in [3.8, 4) is 11.4 Å². The third kappa shape index (κ3) is 5.79. The Bertz CT molecular complexity index is 1260. The standard InChI is InChI=1S/C24H20ClN5O2S/c1-30-22(16-7-11-20(12-8-16)27-23(32)17-5-3-2-4-6-17)28-29-24(30)33-15-21(31)26-19-13-9-18(25)10-14-19/h2-14H,15H2,1H3,(H,26,31)(H,27,32). The summed E-state index contributed by atoms with van der Waals surface area (Å²) in [7, 11) is 1.85. The number of hydrogen-bond acceptors (Lipinski definition) is 5. The van der Waals surface area contributed by atoms with Crippen LogP contribution >= 0.6 is 23.4 Å². The SMILES string of the molecule is Cn1c(SCC(=O)Nc2ccc(Cl)cc2)nnc1-c1ccc(NC(=O)c2ccccc2)cc1. The maximum Gasteiger partial charge on any atom is 0.255 e. The summed E-state index contributed by atoms with van der Waals surface area (Å²) in [4.78, 5) is 24.5. The molecule has 0 aliphatic heterocycles. The molecule has 0 saturated heterocycles. The van der Waals surface area contributed by atoms with Crippen LogP contribution in [-0.2, 0) is 11.8 Å². The number of halogens is 1. The summed E-state index contributed by atoms with van der Waals surface area (Å²) in [6, 6.07) is 23.3. The summed E-state index contributed by atoms with van der Waals surface area (Å²) in [6.45, 7) is 0. The van der Waals surface area contributed by atoms with Gasteiger partial charge in [0.1, 0.15) is 0 Å². The molecule has 0 unspecified atom stereocenters. The number of carbonyl (C=O) groups is 2. The number of nitrogens with one attached hydrogen (secondary N) is 2. The van der Waals surface area contributed by atoms with Crippen LogP contribution in [0.3, 0.4) is 0 Å². The van der Waals surface area contributed by atoms with Crippen LogP contribution in [0.5, 0.6) is 0 Å². The number of benzene rings is 3. The molecule has 1 aromatic heterocycles. The highest BCUT2D eigenvalue weighted by Crippen LogP contribution is 2.24. The first kappa shape index (κ1) is 22.6. The predicted molar refractivity (Wildman–Crippen MR) is 132 cm³/mol. The molecule has 0 bridgehead atoms. The van der Waals surface area contributed by atoms with Crippen molar-refractivity contribution in [2.75, 3.05) is 16.4 Å². The van der Waals surface area contributed by atoms with Crippen LogP contribution in [0.25, 0.3) is 11.4 Å². The van der Waals surface area contributed by atoms with Gasteiger partial charge in [-0.3, -0.25) is 9.59 Å². The number of carbonyl (C=O) groups excluding carboxylic acids is 2. The number of thioether (sulfide) groups is 1. The molecule has 7 nitrogen and oxygen atoms in total. The third-order valence-corrected chi connectivity index (χ3v) is 6.00. The van der Waals surface area contributed by atoms with Crippen LogP contribution in [0.4, 0.5) is 11.4 Å². The zero-order valence-electron chi connectivity index (χ0n) is 17.7. The van der Waals surface area contributed by atoms with E-state index in [1.165, 1.54) is 11.8 Å². The van der Waals surface area contributed by atoms with E-state index in [1.807, 2.05) is 54.1 Å². The van der Waals surface area contributed by atoms with Gasteiger partial charge in [-0.15, -0.1) is 10.2 Å². The lowest BCUT2D eigenvalue weighted by Gasteiger charge is -2.07. The maximum absolute atomic E-state index is 12.3. The van der Waals surface area contributed by atoms with Gasteiger partial charge in [-0.2, -0.15) is 0 Å². The molecule has 2 amide bonds. The van der Waals surface area contributed by atoms with E-state index in [1.54, 1.807) is 36.4 Å². The molecular formula is C24H20ClN5O2S. The Balaban J connectivity index is 1.36. The van der Waals surface area contributed by atoms with Crippen LogP contribution in [0.2, 0.25) is 5.02 Å². The Morgan fingerprint density at radius 1 is 0.879 bits per heavy atom. The first-order valence-corrected chi connectivity index (χ1v) is 11.4. The molecule has 1 heterocycles. The minimum absolute atomic E-state index is 0.148. The van der Waals surface area contributed by atoms with E-state index in [0.29, 0.717) is 32.9 Å². The summed E-state index contributed by atoms with van der Waals surface area (Å²) in [6.07, 6.45) is 0.